The molecule has 9 heteroatoms. The lowest BCUT2D eigenvalue weighted by molar-refractivity contribution is -0.141. The van der Waals surface area contributed by atoms with Crippen LogP contribution in [0, 0.1) is 6.92 Å². The van der Waals surface area contributed by atoms with E-state index in [2.05, 4.69) is 5.32 Å². The SMILES string of the molecule is CCCCNC(=O)C(CC)N(Cc1cccc(C)c1)C(=O)CCN1C(=O)c2ccccc2S1(=O)=O. The van der Waals surface area contributed by atoms with Crippen molar-refractivity contribution in [3.63, 3.8) is 0 Å². The van der Waals surface area contributed by atoms with Gasteiger partial charge in [0.2, 0.25) is 11.8 Å². The molecule has 1 unspecified atom stereocenters. The van der Waals surface area contributed by atoms with Gasteiger partial charge in [-0.3, -0.25) is 14.4 Å². The van der Waals surface area contributed by atoms with E-state index in [1.165, 1.54) is 17.0 Å². The van der Waals surface area contributed by atoms with Crippen LogP contribution in [0.5, 0.6) is 0 Å². The maximum absolute atomic E-state index is 13.4. The molecule has 2 aromatic carbocycles. The number of nitrogens with zero attached hydrogens (tertiary/aromatic N) is 2. The number of rotatable bonds is 11. The normalized spacial score (nSPS) is 14.9. The number of hydrogen-bond acceptors (Lipinski definition) is 5. The minimum atomic E-state index is -4.00. The van der Waals surface area contributed by atoms with Gasteiger partial charge < -0.3 is 10.2 Å². The highest BCUT2D eigenvalue weighted by Crippen LogP contribution is 2.30. The number of fused-ring (bicyclic) bond motifs is 1. The number of aryl methyl sites for hydroxylation is 1. The molecule has 1 aliphatic rings. The number of nitrogens with one attached hydrogen (secondary N) is 1. The van der Waals surface area contributed by atoms with Gasteiger partial charge in [-0.1, -0.05) is 62.2 Å². The summed E-state index contributed by atoms with van der Waals surface area (Å²) >= 11 is 0. The van der Waals surface area contributed by atoms with Crippen molar-refractivity contribution in [3.8, 4) is 0 Å². The summed E-state index contributed by atoms with van der Waals surface area (Å²) in [5, 5.41) is 2.90. The highest BCUT2D eigenvalue weighted by Gasteiger charge is 2.41. The molecule has 0 saturated heterocycles. The van der Waals surface area contributed by atoms with Crippen molar-refractivity contribution in [2.75, 3.05) is 13.1 Å². The molecule has 0 saturated carbocycles. The Kier molecular flexibility index (Phi) is 8.67. The second kappa shape index (κ2) is 11.5. The van der Waals surface area contributed by atoms with Gasteiger partial charge in [0.15, 0.2) is 0 Å². The third-order valence-corrected chi connectivity index (χ3v) is 7.93. The van der Waals surface area contributed by atoms with E-state index in [4.69, 9.17) is 0 Å². The number of unbranched alkanes of at least 4 members (excludes halogenated alkanes) is 1. The molecule has 1 N–H and O–H groups in total. The lowest BCUT2D eigenvalue weighted by atomic mass is 10.1. The molecule has 188 valence electrons. The Hall–Kier alpha value is -3.20. The van der Waals surface area contributed by atoms with Crippen LogP contribution in [0.15, 0.2) is 53.4 Å². The maximum Gasteiger partial charge on any atom is 0.269 e. The summed E-state index contributed by atoms with van der Waals surface area (Å²) in [6, 6.07) is 13.0. The summed E-state index contributed by atoms with van der Waals surface area (Å²) < 4.78 is 26.5. The van der Waals surface area contributed by atoms with Crippen LogP contribution in [-0.2, 0) is 26.2 Å². The largest absolute Gasteiger partial charge is 0.354 e. The second-order valence-corrected chi connectivity index (χ2v) is 10.5. The van der Waals surface area contributed by atoms with E-state index in [1.54, 1.807) is 12.1 Å². The number of carbonyl (C=O) groups is 3. The molecule has 8 nitrogen and oxygen atoms in total. The third-order valence-electron chi connectivity index (χ3n) is 6.09. The molecule has 0 aromatic heterocycles. The summed E-state index contributed by atoms with van der Waals surface area (Å²) in [5.74, 6) is -1.26. The van der Waals surface area contributed by atoms with Crippen LogP contribution < -0.4 is 5.32 Å². The van der Waals surface area contributed by atoms with Gasteiger partial charge in [0.05, 0.1) is 5.56 Å². The maximum atomic E-state index is 13.4. The van der Waals surface area contributed by atoms with Crippen LogP contribution in [-0.4, -0.2) is 54.5 Å². The molecule has 0 bridgehead atoms. The first-order chi connectivity index (χ1) is 16.7. The predicted molar refractivity (Wildman–Crippen MR) is 133 cm³/mol. The quantitative estimate of drug-likeness (QED) is 0.478. The zero-order valence-electron chi connectivity index (χ0n) is 20.5. The summed E-state index contributed by atoms with van der Waals surface area (Å²) in [6.07, 6.45) is 1.96. The molecule has 35 heavy (non-hydrogen) atoms. The number of carbonyl (C=O) groups excluding carboxylic acids is 3. The Morgan fingerprint density at radius 3 is 2.49 bits per heavy atom. The van der Waals surface area contributed by atoms with Gasteiger partial charge >= 0.3 is 0 Å². The summed E-state index contributed by atoms with van der Waals surface area (Å²) in [4.78, 5) is 40.6. The fraction of sp³-hybridized carbons (Fsp3) is 0.423. The molecule has 3 amide bonds. The van der Waals surface area contributed by atoms with E-state index in [1.807, 2.05) is 45.0 Å². The van der Waals surface area contributed by atoms with E-state index < -0.39 is 22.0 Å². The first-order valence-corrected chi connectivity index (χ1v) is 13.4. The number of sulfonamides is 1. The van der Waals surface area contributed by atoms with Crippen LogP contribution in [0.25, 0.3) is 0 Å². The Morgan fingerprint density at radius 1 is 1.09 bits per heavy atom. The number of hydrogen-bond donors (Lipinski definition) is 1. The van der Waals surface area contributed by atoms with Crippen LogP contribution in [0.3, 0.4) is 0 Å². The van der Waals surface area contributed by atoms with Crippen molar-refractivity contribution in [2.24, 2.45) is 0 Å². The highest BCUT2D eigenvalue weighted by atomic mass is 32.2. The van der Waals surface area contributed by atoms with Crippen molar-refractivity contribution in [1.29, 1.82) is 0 Å². The fourth-order valence-corrected chi connectivity index (χ4v) is 5.80. The second-order valence-electron chi connectivity index (χ2n) is 8.71. The Labute approximate surface area is 207 Å². The van der Waals surface area contributed by atoms with Gasteiger partial charge in [-0.15, -0.1) is 0 Å². The van der Waals surface area contributed by atoms with Crippen LogP contribution in [0.1, 0.15) is 61.0 Å². The van der Waals surface area contributed by atoms with E-state index in [0.717, 1.165) is 28.3 Å². The van der Waals surface area contributed by atoms with Gasteiger partial charge in [0.25, 0.3) is 15.9 Å². The molecular formula is C26H33N3O5S. The monoisotopic (exact) mass is 499 g/mol. The molecule has 1 heterocycles. The molecule has 0 spiro atoms. The Balaban J connectivity index is 1.81. The summed E-state index contributed by atoms with van der Waals surface area (Å²) in [5.41, 5.74) is 2.01. The van der Waals surface area contributed by atoms with Gasteiger partial charge in [0.1, 0.15) is 10.9 Å². The molecule has 1 aliphatic heterocycles. The predicted octanol–water partition coefficient (Wildman–Crippen LogP) is 3.25. The van der Waals surface area contributed by atoms with Crippen molar-refractivity contribution in [1.82, 2.24) is 14.5 Å². The topological polar surface area (TPSA) is 104 Å². The lowest BCUT2D eigenvalue weighted by Gasteiger charge is -2.31. The van der Waals surface area contributed by atoms with Crippen molar-refractivity contribution < 1.29 is 22.8 Å². The molecule has 0 fully saturated rings. The van der Waals surface area contributed by atoms with Gasteiger partial charge in [-0.25, -0.2) is 12.7 Å². The van der Waals surface area contributed by atoms with Gasteiger partial charge in [-0.05, 0) is 37.5 Å². The van der Waals surface area contributed by atoms with E-state index in [-0.39, 0.29) is 41.8 Å². The third kappa shape index (κ3) is 5.90. The average Bonchev–Trinajstić information content (AvgIpc) is 3.02. The Morgan fingerprint density at radius 2 is 1.83 bits per heavy atom. The molecular weight excluding hydrogens is 466 g/mol. The van der Waals surface area contributed by atoms with E-state index >= 15 is 0 Å². The van der Waals surface area contributed by atoms with Crippen molar-refractivity contribution >= 4 is 27.7 Å². The van der Waals surface area contributed by atoms with Gasteiger partial charge in [0, 0.05) is 26.1 Å². The Bertz CT molecular complexity index is 1190. The lowest BCUT2D eigenvalue weighted by Crippen LogP contribution is -2.49. The zero-order chi connectivity index (χ0) is 25.6. The van der Waals surface area contributed by atoms with E-state index in [0.29, 0.717) is 13.0 Å². The standard InChI is InChI=1S/C26H33N3O5S/c1-4-6-15-27-25(31)22(5-2)28(18-20-11-9-10-19(3)17-20)24(30)14-16-29-26(32)21-12-7-8-13-23(21)35(29,33)34/h7-13,17,22H,4-6,14-16,18H2,1-3H3,(H,27,31). The zero-order valence-corrected chi connectivity index (χ0v) is 21.3. The molecule has 2 aromatic rings. The smallest absolute Gasteiger partial charge is 0.269 e. The molecule has 1 atom stereocenters. The number of amides is 3. The summed E-state index contributed by atoms with van der Waals surface area (Å²) in [6.45, 7) is 6.27. The molecule has 3 rings (SSSR count). The highest BCUT2D eigenvalue weighted by molar-refractivity contribution is 7.90. The van der Waals surface area contributed by atoms with Gasteiger partial charge in [-0.2, -0.15) is 0 Å². The minimum absolute atomic E-state index is 0.0456. The molecule has 0 radical (unpaired) electrons. The van der Waals surface area contributed by atoms with Crippen molar-refractivity contribution in [3.05, 3.63) is 65.2 Å². The molecule has 0 aliphatic carbocycles. The average molecular weight is 500 g/mol. The van der Waals surface area contributed by atoms with E-state index in [9.17, 15) is 22.8 Å². The first-order valence-electron chi connectivity index (χ1n) is 12.0. The van der Waals surface area contributed by atoms with Crippen LogP contribution >= 0.6 is 0 Å². The van der Waals surface area contributed by atoms with Crippen LogP contribution in [0.2, 0.25) is 0 Å². The van der Waals surface area contributed by atoms with Crippen LogP contribution in [0.4, 0.5) is 0 Å². The number of benzene rings is 2. The van der Waals surface area contributed by atoms with Crippen molar-refractivity contribution in [2.45, 2.75) is 63.9 Å². The minimum Gasteiger partial charge on any atom is -0.354 e. The first kappa shape index (κ1) is 26.4. The summed E-state index contributed by atoms with van der Waals surface area (Å²) in [7, 11) is -4.00. The fourth-order valence-electron chi connectivity index (χ4n) is 4.23.